The van der Waals surface area contributed by atoms with Crippen LogP contribution in [0.5, 0.6) is 0 Å². The van der Waals surface area contributed by atoms with E-state index in [2.05, 4.69) is 0 Å². The second kappa shape index (κ2) is 6.73. The van der Waals surface area contributed by atoms with Gasteiger partial charge in [0.2, 0.25) is 0 Å². The Bertz CT molecular complexity index is 920. The maximum absolute atomic E-state index is 13.2. The van der Waals surface area contributed by atoms with Crippen LogP contribution < -0.4 is 5.73 Å². The van der Waals surface area contributed by atoms with Gasteiger partial charge in [-0.05, 0) is 58.7 Å². The number of methoxy groups -OCH3 is 1. The molecule has 126 valence electrons. The van der Waals surface area contributed by atoms with Crippen LogP contribution in [0.4, 0.5) is 14.5 Å². The number of carbonyl (C=O) groups excluding carboxylic acids is 1. The minimum atomic E-state index is -0.581. The summed E-state index contributed by atoms with van der Waals surface area (Å²) in [5.74, 6) is -1.31. The van der Waals surface area contributed by atoms with E-state index in [1.807, 2.05) is 0 Å². The molecule has 3 aromatic carbocycles. The number of esters is 1. The van der Waals surface area contributed by atoms with Crippen LogP contribution in [-0.4, -0.2) is 13.1 Å². The summed E-state index contributed by atoms with van der Waals surface area (Å²) in [4.78, 5) is 12.2. The predicted octanol–water partition coefficient (Wildman–Crippen LogP) is 4.67. The van der Waals surface area contributed by atoms with E-state index in [1.165, 1.54) is 31.4 Å². The molecule has 3 rings (SSSR count). The fraction of sp³-hybridized carbons (Fsp3) is 0.0500. The van der Waals surface area contributed by atoms with Crippen molar-refractivity contribution in [3.63, 3.8) is 0 Å². The summed E-state index contributed by atoms with van der Waals surface area (Å²) >= 11 is 0. The zero-order chi connectivity index (χ0) is 18.0. The van der Waals surface area contributed by atoms with Gasteiger partial charge in [-0.15, -0.1) is 0 Å². The Morgan fingerprint density at radius 2 is 1.36 bits per heavy atom. The van der Waals surface area contributed by atoms with E-state index in [0.717, 1.165) is 5.56 Å². The fourth-order valence-corrected chi connectivity index (χ4v) is 2.66. The van der Waals surface area contributed by atoms with Gasteiger partial charge in [0.1, 0.15) is 11.6 Å². The molecule has 0 aromatic heterocycles. The van der Waals surface area contributed by atoms with Gasteiger partial charge in [-0.2, -0.15) is 0 Å². The third-order valence-corrected chi connectivity index (χ3v) is 3.89. The van der Waals surface area contributed by atoms with Gasteiger partial charge in [-0.1, -0.05) is 24.3 Å². The molecule has 0 aliphatic heterocycles. The summed E-state index contributed by atoms with van der Waals surface area (Å²) in [7, 11) is 1.27. The lowest BCUT2D eigenvalue weighted by Gasteiger charge is -2.14. The van der Waals surface area contributed by atoms with Crippen LogP contribution >= 0.6 is 0 Å². The van der Waals surface area contributed by atoms with Crippen molar-refractivity contribution in [1.82, 2.24) is 0 Å². The number of nitrogen functional groups attached to an aromatic ring is 1. The van der Waals surface area contributed by atoms with Gasteiger partial charge in [0.05, 0.1) is 12.7 Å². The number of hydrogen-bond acceptors (Lipinski definition) is 3. The molecule has 0 aliphatic rings. The molecule has 0 bridgehead atoms. The van der Waals surface area contributed by atoms with Gasteiger partial charge in [0.25, 0.3) is 0 Å². The van der Waals surface area contributed by atoms with Crippen molar-refractivity contribution in [2.75, 3.05) is 12.8 Å². The van der Waals surface area contributed by atoms with Gasteiger partial charge in [-0.3, -0.25) is 0 Å². The molecular weight excluding hydrogens is 324 g/mol. The van der Waals surface area contributed by atoms with Gasteiger partial charge < -0.3 is 10.5 Å². The van der Waals surface area contributed by atoms with Crippen LogP contribution in [0.2, 0.25) is 0 Å². The van der Waals surface area contributed by atoms with Crippen LogP contribution in [0, 0.1) is 11.6 Å². The van der Waals surface area contributed by atoms with Gasteiger partial charge >= 0.3 is 5.97 Å². The van der Waals surface area contributed by atoms with Crippen LogP contribution in [0.3, 0.4) is 0 Å². The summed E-state index contributed by atoms with van der Waals surface area (Å²) in [6.07, 6.45) is 0. The van der Waals surface area contributed by atoms with Crippen molar-refractivity contribution in [2.24, 2.45) is 0 Å². The number of nitrogens with two attached hydrogens (primary N) is 1. The molecule has 0 heterocycles. The molecule has 0 unspecified atom stereocenters. The first kappa shape index (κ1) is 16.6. The zero-order valence-electron chi connectivity index (χ0n) is 13.4. The number of halogens is 2. The van der Waals surface area contributed by atoms with E-state index < -0.39 is 5.97 Å². The molecule has 2 N–H and O–H groups in total. The van der Waals surface area contributed by atoms with Crippen molar-refractivity contribution >= 4 is 11.7 Å². The Balaban J connectivity index is 2.23. The standard InChI is InChI=1S/C20H15F2NO2/c1-25-20(24)19-17(13-4-8-16(22)9-5-13)10-14(11-18(19)23)12-2-6-15(21)7-3-12/h2-11H,23H2,1H3. The number of rotatable bonds is 3. The van der Waals surface area contributed by atoms with E-state index in [-0.39, 0.29) is 22.9 Å². The van der Waals surface area contributed by atoms with Crippen molar-refractivity contribution in [1.29, 1.82) is 0 Å². The minimum absolute atomic E-state index is 0.208. The van der Waals surface area contributed by atoms with E-state index in [9.17, 15) is 13.6 Å². The molecule has 3 aromatic rings. The second-order valence-electron chi connectivity index (χ2n) is 5.49. The number of benzene rings is 3. The predicted molar refractivity (Wildman–Crippen MR) is 93.0 cm³/mol. The minimum Gasteiger partial charge on any atom is -0.465 e. The fourth-order valence-electron chi connectivity index (χ4n) is 2.66. The van der Waals surface area contributed by atoms with E-state index in [1.54, 1.807) is 36.4 Å². The van der Waals surface area contributed by atoms with Crippen molar-refractivity contribution in [3.05, 3.63) is 77.9 Å². The first-order valence-electron chi connectivity index (χ1n) is 7.53. The van der Waals surface area contributed by atoms with Gasteiger partial charge in [-0.25, -0.2) is 13.6 Å². The molecule has 25 heavy (non-hydrogen) atoms. The SMILES string of the molecule is COC(=O)c1c(N)cc(-c2ccc(F)cc2)cc1-c1ccc(F)cc1. The number of ether oxygens (including phenoxy) is 1. The smallest absolute Gasteiger partial charge is 0.340 e. The third kappa shape index (κ3) is 3.35. The molecule has 0 fully saturated rings. The van der Waals surface area contributed by atoms with Crippen molar-refractivity contribution in [3.8, 4) is 22.3 Å². The van der Waals surface area contributed by atoms with Crippen LogP contribution in [0.1, 0.15) is 10.4 Å². The summed E-state index contributed by atoms with van der Waals surface area (Å²) in [5.41, 5.74) is 9.12. The molecule has 5 heteroatoms. The van der Waals surface area contributed by atoms with E-state index in [4.69, 9.17) is 10.5 Å². The summed E-state index contributed by atoms with van der Waals surface area (Å²) in [6, 6.07) is 15.0. The number of carbonyl (C=O) groups is 1. The maximum atomic E-state index is 13.2. The Morgan fingerprint density at radius 3 is 1.88 bits per heavy atom. The molecule has 0 atom stereocenters. The first-order chi connectivity index (χ1) is 12.0. The zero-order valence-corrected chi connectivity index (χ0v) is 13.4. The largest absolute Gasteiger partial charge is 0.465 e. The third-order valence-electron chi connectivity index (χ3n) is 3.89. The lowest BCUT2D eigenvalue weighted by atomic mass is 9.93. The summed E-state index contributed by atoms with van der Waals surface area (Å²) in [6.45, 7) is 0. The number of hydrogen-bond donors (Lipinski definition) is 1. The van der Waals surface area contributed by atoms with Gasteiger partial charge in [0.15, 0.2) is 0 Å². The summed E-state index contributed by atoms with van der Waals surface area (Å²) < 4.78 is 31.2. The quantitative estimate of drug-likeness (QED) is 0.557. The lowest BCUT2D eigenvalue weighted by molar-refractivity contribution is 0.0603. The Hall–Kier alpha value is -3.21. The van der Waals surface area contributed by atoms with Crippen molar-refractivity contribution < 1.29 is 18.3 Å². The molecular formula is C20H15F2NO2. The lowest BCUT2D eigenvalue weighted by Crippen LogP contribution is -2.08. The topological polar surface area (TPSA) is 52.3 Å². The highest BCUT2D eigenvalue weighted by molar-refractivity contribution is 6.03. The average Bonchev–Trinajstić information content (AvgIpc) is 2.61. The molecule has 0 spiro atoms. The normalized spacial score (nSPS) is 10.5. The summed E-state index contributed by atoms with van der Waals surface area (Å²) in [5, 5.41) is 0. The molecule has 0 saturated heterocycles. The molecule has 0 saturated carbocycles. The highest BCUT2D eigenvalue weighted by atomic mass is 19.1. The second-order valence-corrected chi connectivity index (χ2v) is 5.49. The van der Waals surface area contributed by atoms with Crippen molar-refractivity contribution in [2.45, 2.75) is 0 Å². The monoisotopic (exact) mass is 339 g/mol. The highest BCUT2D eigenvalue weighted by Gasteiger charge is 2.19. The molecule has 0 aliphatic carbocycles. The first-order valence-corrected chi connectivity index (χ1v) is 7.53. The van der Waals surface area contributed by atoms with Crippen LogP contribution in [-0.2, 0) is 4.74 Å². The Kier molecular flexibility index (Phi) is 4.48. The van der Waals surface area contributed by atoms with E-state index >= 15 is 0 Å². The van der Waals surface area contributed by atoms with Crippen LogP contribution in [0.15, 0.2) is 60.7 Å². The highest BCUT2D eigenvalue weighted by Crippen LogP contribution is 2.34. The van der Waals surface area contributed by atoms with Crippen LogP contribution in [0.25, 0.3) is 22.3 Å². The van der Waals surface area contributed by atoms with Gasteiger partial charge in [0, 0.05) is 5.69 Å². The van der Waals surface area contributed by atoms with E-state index in [0.29, 0.717) is 16.7 Å². The molecule has 0 amide bonds. The maximum Gasteiger partial charge on any atom is 0.340 e. The molecule has 3 nitrogen and oxygen atoms in total. The molecule has 0 radical (unpaired) electrons. The Morgan fingerprint density at radius 1 is 0.840 bits per heavy atom. The Labute approximate surface area is 143 Å². The average molecular weight is 339 g/mol. The number of anilines is 1.